The minimum Gasteiger partial charge on any atom is -0.481 e. The Morgan fingerprint density at radius 1 is 1.19 bits per heavy atom. The molecule has 0 heterocycles. The molecule has 118 valence electrons. The molecule has 4 heteroatoms. The second kappa shape index (κ2) is 8.28. The number of hydrogen-bond donors (Lipinski definition) is 1. The Labute approximate surface area is 133 Å². The molecule has 0 saturated heterocycles. The number of amides is 1. The Kier molecular flexibility index (Phi) is 7.03. The highest BCUT2D eigenvalue weighted by Gasteiger charge is 2.20. The maximum atomic E-state index is 12.1. The molecule has 21 heavy (non-hydrogen) atoms. The summed E-state index contributed by atoms with van der Waals surface area (Å²) < 4.78 is 5.61. The molecule has 3 nitrogen and oxygen atoms in total. The number of ether oxygens (including phenoxy) is 1. The van der Waals surface area contributed by atoms with Crippen LogP contribution < -0.4 is 10.1 Å². The van der Waals surface area contributed by atoms with Gasteiger partial charge in [-0.1, -0.05) is 45.4 Å². The lowest BCUT2D eigenvalue weighted by Crippen LogP contribution is -2.40. The zero-order valence-electron chi connectivity index (χ0n) is 13.5. The molecule has 1 unspecified atom stereocenters. The lowest BCUT2D eigenvalue weighted by atomic mass is 9.85. The van der Waals surface area contributed by atoms with Crippen LogP contribution in [0.25, 0.3) is 0 Å². The van der Waals surface area contributed by atoms with Gasteiger partial charge >= 0.3 is 0 Å². The van der Waals surface area contributed by atoms with Gasteiger partial charge in [-0.05, 0) is 42.9 Å². The van der Waals surface area contributed by atoms with Gasteiger partial charge in [-0.15, -0.1) is 0 Å². The Hall–Kier alpha value is -1.22. The van der Waals surface area contributed by atoms with E-state index in [0.717, 1.165) is 0 Å². The standard InChI is InChI=1S/C17H26ClNO2/c1-11(2)16(12(3)4)10-19-17(20)13(5)21-15-8-6-7-14(18)9-15/h6-9,11-13,16H,10H2,1-5H3,(H,19,20). The lowest BCUT2D eigenvalue weighted by Gasteiger charge is -2.26. The molecule has 0 spiro atoms. The van der Waals surface area contributed by atoms with Crippen molar-refractivity contribution < 1.29 is 9.53 Å². The van der Waals surface area contributed by atoms with E-state index in [1.54, 1.807) is 31.2 Å². The lowest BCUT2D eigenvalue weighted by molar-refractivity contribution is -0.127. The summed E-state index contributed by atoms with van der Waals surface area (Å²) in [6.07, 6.45) is -0.538. The summed E-state index contributed by atoms with van der Waals surface area (Å²) in [5.74, 6) is 2.05. The summed E-state index contributed by atoms with van der Waals surface area (Å²) in [7, 11) is 0. The van der Waals surface area contributed by atoms with E-state index in [9.17, 15) is 4.79 Å². The zero-order valence-corrected chi connectivity index (χ0v) is 14.3. The van der Waals surface area contributed by atoms with Crippen LogP contribution in [0.5, 0.6) is 5.75 Å². The van der Waals surface area contributed by atoms with Gasteiger partial charge in [0.1, 0.15) is 5.75 Å². The van der Waals surface area contributed by atoms with Crippen LogP contribution in [0.2, 0.25) is 5.02 Å². The van der Waals surface area contributed by atoms with Crippen LogP contribution in [0.4, 0.5) is 0 Å². The molecule has 0 fully saturated rings. The maximum absolute atomic E-state index is 12.1. The molecular formula is C17H26ClNO2. The average Bonchev–Trinajstić information content (AvgIpc) is 2.37. The molecule has 0 aromatic heterocycles. The van der Waals surface area contributed by atoms with Crippen LogP contribution in [0, 0.1) is 17.8 Å². The van der Waals surface area contributed by atoms with Gasteiger partial charge in [0.25, 0.3) is 5.91 Å². The summed E-state index contributed by atoms with van der Waals surface area (Å²) in [4.78, 5) is 12.1. The molecule has 0 aliphatic carbocycles. The van der Waals surface area contributed by atoms with Crippen LogP contribution in [0.1, 0.15) is 34.6 Å². The van der Waals surface area contributed by atoms with Crippen LogP contribution in [-0.4, -0.2) is 18.6 Å². The van der Waals surface area contributed by atoms with Gasteiger partial charge in [0.2, 0.25) is 0 Å². The van der Waals surface area contributed by atoms with E-state index < -0.39 is 6.10 Å². The molecular weight excluding hydrogens is 286 g/mol. The number of halogens is 1. The number of hydrogen-bond acceptors (Lipinski definition) is 2. The molecule has 1 atom stereocenters. The van der Waals surface area contributed by atoms with Crippen molar-refractivity contribution in [3.8, 4) is 5.75 Å². The minimum absolute atomic E-state index is 0.0960. The van der Waals surface area contributed by atoms with Crippen molar-refractivity contribution >= 4 is 17.5 Å². The van der Waals surface area contributed by atoms with Gasteiger partial charge in [-0.25, -0.2) is 0 Å². The average molecular weight is 312 g/mol. The van der Waals surface area contributed by atoms with Crippen molar-refractivity contribution in [2.75, 3.05) is 6.54 Å². The van der Waals surface area contributed by atoms with E-state index in [1.807, 2.05) is 0 Å². The summed E-state index contributed by atoms with van der Waals surface area (Å²) in [6.45, 7) is 11.2. The van der Waals surface area contributed by atoms with Gasteiger partial charge in [-0.2, -0.15) is 0 Å². The van der Waals surface area contributed by atoms with Crippen molar-refractivity contribution in [1.82, 2.24) is 5.32 Å². The van der Waals surface area contributed by atoms with Gasteiger partial charge in [0, 0.05) is 11.6 Å². The summed E-state index contributed by atoms with van der Waals surface area (Å²) >= 11 is 5.90. The summed E-state index contributed by atoms with van der Waals surface area (Å²) in [5, 5.41) is 3.58. The Morgan fingerprint density at radius 2 is 1.81 bits per heavy atom. The first-order chi connectivity index (χ1) is 9.81. The van der Waals surface area contributed by atoms with Crippen LogP contribution in [0.15, 0.2) is 24.3 Å². The molecule has 1 N–H and O–H groups in total. The van der Waals surface area contributed by atoms with Crippen molar-refractivity contribution in [3.63, 3.8) is 0 Å². The van der Waals surface area contributed by atoms with Crippen LogP contribution in [0.3, 0.4) is 0 Å². The normalized spacial score (nSPS) is 12.8. The van der Waals surface area contributed by atoms with Gasteiger partial charge < -0.3 is 10.1 Å². The largest absolute Gasteiger partial charge is 0.481 e. The number of carbonyl (C=O) groups excluding carboxylic acids is 1. The summed E-state index contributed by atoms with van der Waals surface area (Å²) in [6, 6.07) is 7.07. The Bertz CT molecular complexity index is 452. The predicted octanol–water partition coefficient (Wildman–Crippen LogP) is 4.15. The SMILES string of the molecule is CC(Oc1cccc(Cl)c1)C(=O)NCC(C(C)C)C(C)C. The second-order valence-corrected chi connectivity index (χ2v) is 6.55. The molecule has 1 amide bonds. The molecule has 1 aromatic rings. The van der Waals surface area contributed by atoms with Crippen molar-refractivity contribution in [1.29, 1.82) is 0 Å². The molecule has 1 rings (SSSR count). The predicted molar refractivity (Wildman–Crippen MR) is 87.7 cm³/mol. The van der Waals surface area contributed by atoms with Crippen molar-refractivity contribution in [2.24, 2.45) is 17.8 Å². The highest BCUT2D eigenvalue weighted by Crippen LogP contribution is 2.20. The van der Waals surface area contributed by atoms with Gasteiger partial charge in [0.15, 0.2) is 6.10 Å². The first-order valence-electron chi connectivity index (χ1n) is 7.51. The molecule has 0 aliphatic rings. The molecule has 0 aliphatic heterocycles. The third kappa shape index (κ3) is 5.96. The molecule has 0 bridgehead atoms. The number of benzene rings is 1. The quantitative estimate of drug-likeness (QED) is 0.821. The number of carbonyl (C=O) groups is 1. The maximum Gasteiger partial charge on any atom is 0.260 e. The van der Waals surface area contributed by atoms with E-state index in [1.165, 1.54) is 0 Å². The molecule has 0 radical (unpaired) electrons. The van der Waals surface area contributed by atoms with Crippen LogP contribution in [-0.2, 0) is 4.79 Å². The molecule has 0 saturated carbocycles. The topological polar surface area (TPSA) is 38.3 Å². The van der Waals surface area contributed by atoms with Crippen molar-refractivity contribution in [2.45, 2.75) is 40.7 Å². The minimum atomic E-state index is -0.538. The zero-order chi connectivity index (χ0) is 16.0. The fraction of sp³-hybridized carbons (Fsp3) is 0.588. The monoisotopic (exact) mass is 311 g/mol. The summed E-state index contributed by atoms with van der Waals surface area (Å²) in [5.41, 5.74) is 0. The molecule has 1 aromatic carbocycles. The third-order valence-corrected chi connectivity index (χ3v) is 3.94. The highest BCUT2D eigenvalue weighted by molar-refractivity contribution is 6.30. The number of rotatable bonds is 7. The van der Waals surface area contributed by atoms with E-state index in [4.69, 9.17) is 16.3 Å². The van der Waals surface area contributed by atoms with E-state index in [-0.39, 0.29) is 5.91 Å². The van der Waals surface area contributed by atoms with Crippen molar-refractivity contribution in [3.05, 3.63) is 29.3 Å². The highest BCUT2D eigenvalue weighted by atomic mass is 35.5. The van der Waals surface area contributed by atoms with E-state index >= 15 is 0 Å². The fourth-order valence-corrected chi connectivity index (χ4v) is 2.58. The van der Waals surface area contributed by atoms with E-state index in [2.05, 4.69) is 33.0 Å². The van der Waals surface area contributed by atoms with E-state index in [0.29, 0.717) is 35.1 Å². The first kappa shape index (κ1) is 17.8. The smallest absolute Gasteiger partial charge is 0.260 e. The van der Waals surface area contributed by atoms with Gasteiger partial charge in [0.05, 0.1) is 0 Å². The third-order valence-electron chi connectivity index (χ3n) is 3.70. The van der Waals surface area contributed by atoms with Gasteiger partial charge in [-0.3, -0.25) is 4.79 Å². The Morgan fingerprint density at radius 3 is 2.33 bits per heavy atom. The number of nitrogens with one attached hydrogen (secondary N) is 1. The fourth-order valence-electron chi connectivity index (χ4n) is 2.40. The first-order valence-corrected chi connectivity index (χ1v) is 7.89. The van der Waals surface area contributed by atoms with Crippen LogP contribution >= 0.6 is 11.6 Å². The second-order valence-electron chi connectivity index (χ2n) is 6.11. The Balaban J connectivity index is 2.51.